The van der Waals surface area contributed by atoms with Gasteiger partial charge in [0, 0.05) is 78.3 Å². The molecule has 21 aromatic rings. The van der Waals surface area contributed by atoms with Crippen LogP contribution in [-0.2, 0) is 21.7 Å². The number of nitrogens with zero attached hydrogens (tertiary/aromatic N) is 9. The summed E-state index contributed by atoms with van der Waals surface area (Å²) in [5, 5.41) is 2.13. The van der Waals surface area contributed by atoms with E-state index >= 15 is 0 Å². The van der Waals surface area contributed by atoms with Gasteiger partial charge < -0.3 is 14.4 Å². The molecule has 0 radical (unpaired) electrons. The molecule has 0 amide bonds. The van der Waals surface area contributed by atoms with Gasteiger partial charge in [0.2, 0.25) is 0 Å². The molecule has 5 heterocycles. The fourth-order valence-electron chi connectivity index (χ4n) is 20.4. The van der Waals surface area contributed by atoms with E-state index in [9.17, 15) is 0 Å². The third kappa shape index (κ3) is 16.5. The van der Waals surface area contributed by atoms with Crippen LogP contribution in [0.2, 0.25) is 0 Å². The van der Waals surface area contributed by atoms with Crippen LogP contribution in [0.4, 0.5) is 34.1 Å². The zero-order chi connectivity index (χ0) is 95.5. The average Bonchev–Trinajstić information content (AvgIpc) is 1.59. The minimum Gasteiger partial charge on any atom is -0.311 e. The molecule has 10 heteroatoms. The highest BCUT2D eigenvalue weighted by Gasteiger charge is 2.45. The van der Waals surface area contributed by atoms with E-state index in [2.05, 4.69) is 425 Å². The SMILES string of the molecule is CC(C)(C)c1cc(-c2ccc3c(c2)N(c2cc(-c4ccccc4)cc(-c4ccccc4)c2)c2cc(-c4ccc5c(c4)c4ccccc4n5-c4ccc(-c5nc(-c6ccccc6)nc(-c6ccccc6)n5)cc4-c4nc(-c5ccccc5)nc(-c5ccccc5)n4)cc4c2B3c2ccc(-c3cc(C(C)(C)C)cc(C(C)(C)C)c3)cc2N4c2cc(-c3ccccc3)cc(-c3ccccc3)c2)cc(C(C)(C)C)c1. The second-order valence-corrected chi connectivity index (χ2v) is 41.6. The van der Waals surface area contributed by atoms with Gasteiger partial charge in [-0.25, -0.2) is 29.9 Å². The Balaban J connectivity index is 0.825. The standard InChI is InChI=1S/C130H106BN9/c1-127(2,3)102-67-99(68-103(81-102)128(4,5)6)92-57-61-111-116(77-92)138(106-71-95(83-39-21-13-22-40-83)65-96(72-106)84-41-23-14-24-42-84)118-79-101(80-119-120(118)131(111)112-62-58-93(100-69-104(129(7,8)9)82-105(70-100)130(10,11)12)78-117(112)139(119)107-73-97(85-43-25-15-26-44-85)66-98(74-107)86-45-27-16-28-46-86)91-59-63-114-109(75-91)108-55-37-38-56-113(108)140(114)115-64-60-94(125-134-121(87-47-29-17-30-48-87)132-122(135-125)88-49-31-18-32-50-88)76-110(115)126-136-123(89-51-33-19-34-52-89)133-124(137-126)90-53-35-20-36-54-90/h13-82H,1-12H3. The second kappa shape index (κ2) is 34.9. The lowest BCUT2D eigenvalue weighted by atomic mass is 9.33. The van der Waals surface area contributed by atoms with Crippen molar-refractivity contribution in [2.75, 3.05) is 9.80 Å². The molecule has 0 bridgehead atoms. The third-order valence-corrected chi connectivity index (χ3v) is 28.0. The Labute approximate surface area is 821 Å². The molecule has 140 heavy (non-hydrogen) atoms. The summed E-state index contributed by atoms with van der Waals surface area (Å²) in [6, 6.07) is 156. The van der Waals surface area contributed by atoms with Crippen molar-refractivity contribution < 1.29 is 0 Å². The molecular formula is C130H106BN9. The fourth-order valence-corrected chi connectivity index (χ4v) is 20.4. The first-order valence-corrected chi connectivity index (χ1v) is 48.7. The van der Waals surface area contributed by atoms with Gasteiger partial charge in [0.05, 0.1) is 16.7 Å². The van der Waals surface area contributed by atoms with Crippen LogP contribution in [0.3, 0.4) is 0 Å². The Hall–Kier alpha value is -16.6. The minimum atomic E-state index is -0.288. The number of anilines is 6. The summed E-state index contributed by atoms with van der Waals surface area (Å²) in [6.45, 7) is 27.9. The van der Waals surface area contributed by atoms with Crippen LogP contribution in [0, 0.1) is 0 Å². The smallest absolute Gasteiger partial charge is 0.252 e. The summed E-state index contributed by atoms with van der Waals surface area (Å²) in [7, 11) is 0. The lowest BCUT2D eigenvalue weighted by Crippen LogP contribution is -2.61. The Bertz CT molecular complexity index is 7790. The van der Waals surface area contributed by atoms with Crippen molar-refractivity contribution in [1.82, 2.24) is 34.5 Å². The van der Waals surface area contributed by atoms with Crippen LogP contribution >= 0.6 is 0 Å². The molecule has 0 atom stereocenters. The maximum Gasteiger partial charge on any atom is 0.252 e. The lowest BCUT2D eigenvalue weighted by molar-refractivity contribution is 0.568. The molecule has 3 aromatic heterocycles. The molecule has 0 fully saturated rings. The molecule has 0 saturated heterocycles. The van der Waals surface area contributed by atoms with Crippen molar-refractivity contribution in [2.45, 2.75) is 105 Å². The second-order valence-electron chi connectivity index (χ2n) is 41.6. The number of rotatable bonds is 16. The molecule has 0 saturated carbocycles. The summed E-state index contributed by atoms with van der Waals surface area (Å²) in [5.74, 6) is 3.17. The van der Waals surface area contributed by atoms with Gasteiger partial charge in [-0.15, -0.1) is 0 Å². The molecule has 18 aromatic carbocycles. The summed E-state index contributed by atoms with van der Waals surface area (Å²) in [5.41, 5.74) is 38.1. The van der Waals surface area contributed by atoms with E-state index in [4.69, 9.17) is 29.9 Å². The first-order valence-electron chi connectivity index (χ1n) is 48.7. The van der Waals surface area contributed by atoms with E-state index in [1.54, 1.807) is 0 Å². The van der Waals surface area contributed by atoms with E-state index in [1.165, 1.54) is 49.8 Å². The molecule has 0 aliphatic carbocycles. The Morgan fingerprint density at radius 1 is 0.186 bits per heavy atom. The van der Waals surface area contributed by atoms with E-state index < -0.39 is 0 Å². The maximum atomic E-state index is 5.57. The first-order chi connectivity index (χ1) is 67.9. The summed E-state index contributed by atoms with van der Waals surface area (Å²) in [4.78, 5) is 37.6. The largest absolute Gasteiger partial charge is 0.311 e. The van der Waals surface area contributed by atoms with Crippen LogP contribution < -0.4 is 26.2 Å². The maximum absolute atomic E-state index is 5.57. The van der Waals surface area contributed by atoms with Gasteiger partial charge in [0.15, 0.2) is 34.9 Å². The predicted molar refractivity (Wildman–Crippen MR) is 587 cm³/mol. The van der Waals surface area contributed by atoms with E-state index in [-0.39, 0.29) is 28.4 Å². The van der Waals surface area contributed by atoms with Gasteiger partial charge in [-0.3, -0.25) is 0 Å². The van der Waals surface area contributed by atoms with E-state index in [0.717, 1.165) is 162 Å². The molecule has 0 spiro atoms. The lowest BCUT2D eigenvalue weighted by Gasteiger charge is -2.45. The molecule has 2 aliphatic heterocycles. The van der Waals surface area contributed by atoms with Gasteiger partial charge >= 0.3 is 0 Å². The Morgan fingerprint density at radius 2 is 0.464 bits per heavy atom. The van der Waals surface area contributed by atoms with Gasteiger partial charge in [-0.05, 0) is 235 Å². The zero-order valence-corrected chi connectivity index (χ0v) is 81.0. The fraction of sp³-hybridized carbons (Fsp3) is 0.123. The number of aromatic nitrogens is 7. The summed E-state index contributed by atoms with van der Waals surface area (Å²) in [6.07, 6.45) is 0. The molecule has 2 aliphatic rings. The Kier molecular flexibility index (Phi) is 21.8. The van der Waals surface area contributed by atoms with Crippen molar-refractivity contribution in [3.05, 3.63) is 447 Å². The van der Waals surface area contributed by atoms with Crippen molar-refractivity contribution >= 4 is 79.0 Å². The zero-order valence-electron chi connectivity index (χ0n) is 81.0. The molecular weight excluding hydrogens is 1700 g/mol. The number of para-hydroxylation sites is 1. The van der Waals surface area contributed by atoms with Gasteiger partial charge in [0.25, 0.3) is 6.71 Å². The predicted octanol–water partition coefficient (Wildman–Crippen LogP) is 32.1. The molecule has 0 N–H and O–H groups in total. The minimum absolute atomic E-state index is 0.143. The van der Waals surface area contributed by atoms with Crippen molar-refractivity contribution in [3.63, 3.8) is 0 Å². The Morgan fingerprint density at radius 3 is 0.821 bits per heavy atom. The number of benzene rings is 18. The average molecular weight is 1810 g/mol. The topological polar surface area (TPSA) is 88.8 Å². The first kappa shape index (κ1) is 87.5. The van der Waals surface area contributed by atoms with Crippen molar-refractivity contribution in [2.24, 2.45) is 0 Å². The van der Waals surface area contributed by atoms with E-state index in [1.807, 2.05) is 97.1 Å². The number of hydrogen-bond acceptors (Lipinski definition) is 8. The highest BCUT2D eigenvalue weighted by molar-refractivity contribution is 7.00. The van der Waals surface area contributed by atoms with Crippen LogP contribution in [0.5, 0.6) is 0 Å². The highest BCUT2D eigenvalue weighted by Crippen LogP contribution is 2.53. The number of fused-ring (bicyclic) bond motifs is 7. The van der Waals surface area contributed by atoms with Crippen LogP contribution in [0.15, 0.2) is 425 Å². The molecule has 674 valence electrons. The summed E-state index contributed by atoms with van der Waals surface area (Å²) < 4.78 is 2.41. The van der Waals surface area contributed by atoms with Crippen LogP contribution in [0.1, 0.15) is 105 Å². The van der Waals surface area contributed by atoms with Gasteiger partial charge in [-0.1, -0.05) is 411 Å². The van der Waals surface area contributed by atoms with Crippen molar-refractivity contribution in [1.29, 1.82) is 0 Å². The van der Waals surface area contributed by atoms with Crippen LogP contribution in [-0.4, -0.2) is 41.2 Å². The summed E-state index contributed by atoms with van der Waals surface area (Å²) >= 11 is 0. The highest BCUT2D eigenvalue weighted by atomic mass is 15.2. The monoisotopic (exact) mass is 1800 g/mol. The third-order valence-electron chi connectivity index (χ3n) is 28.0. The van der Waals surface area contributed by atoms with Crippen LogP contribution in [0.25, 0.3) is 174 Å². The normalized spacial score (nSPS) is 12.5. The molecule has 0 unspecified atom stereocenters. The number of hydrogen-bond donors (Lipinski definition) is 0. The quantitative estimate of drug-likeness (QED) is 0.0884. The van der Waals surface area contributed by atoms with Crippen molar-refractivity contribution in [3.8, 4) is 152 Å². The molecule has 9 nitrogen and oxygen atoms in total. The van der Waals surface area contributed by atoms with Gasteiger partial charge in [-0.2, -0.15) is 0 Å². The van der Waals surface area contributed by atoms with Gasteiger partial charge in [0.1, 0.15) is 0 Å². The molecule has 23 rings (SSSR count). The van der Waals surface area contributed by atoms with E-state index in [0.29, 0.717) is 34.9 Å².